The largest absolute Gasteiger partial charge is 0.285 e. The molecule has 3 rings (SSSR count). The Balaban J connectivity index is 2.01. The standard InChI is InChI=1S/C25H29F2N3OS/c1-6-7-10-20-17(2)9-8-11-23(20)30-24(14-18(16-26)28-30)29-32(31)19-12-13-21(22(27)15-19)25(3,4)5/h7-15,29H,6,16H2,1-5H3/b10-7-. The highest BCUT2D eigenvalue weighted by Gasteiger charge is 2.20. The third-order valence-electron chi connectivity index (χ3n) is 5.11. The number of nitrogens with zero attached hydrogens (tertiary/aromatic N) is 2. The smallest absolute Gasteiger partial charge is 0.151 e. The molecule has 2 aromatic carbocycles. The molecule has 32 heavy (non-hydrogen) atoms. The Morgan fingerprint density at radius 1 is 1.19 bits per heavy atom. The van der Waals surface area contributed by atoms with Crippen LogP contribution in [0.15, 0.2) is 53.4 Å². The third kappa shape index (κ3) is 5.15. The lowest BCUT2D eigenvalue weighted by Crippen LogP contribution is -2.15. The van der Waals surface area contributed by atoms with E-state index < -0.39 is 23.5 Å². The molecule has 0 aliphatic heterocycles. The molecule has 0 radical (unpaired) electrons. The normalized spacial score (nSPS) is 13.0. The van der Waals surface area contributed by atoms with Gasteiger partial charge in [0.2, 0.25) is 0 Å². The number of hydrogen-bond acceptors (Lipinski definition) is 2. The average Bonchev–Trinajstić information content (AvgIpc) is 3.14. The number of nitrogens with one attached hydrogen (secondary N) is 1. The van der Waals surface area contributed by atoms with Crippen LogP contribution in [0.5, 0.6) is 0 Å². The van der Waals surface area contributed by atoms with Crippen molar-refractivity contribution in [2.24, 2.45) is 0 Å². The van der Waals surface area contributed by atoms with Gasteiger partial charge in [-0.3, -0.25) is 4.72 Å². The van der Waals surface area contributed by atoms with Crippen molar-refractivity contribution >= 4 is 22.9 Å². The Bertz CT molecular complexity index is 1160. The molecule has 0 spiro atoms. The second-order valence-electron chi connectivity index (χ2n) is 8.65. The minimum absolute atomic E-state index is 0.214. The molecule has 1 atom stereocenters. The summed E-state index contributed by atoms with van der Waals surface area (Å²) in [6.45, 7) is 9.04. The molecule has 7 heteroatoms. The van der Waals surface area contributed by atoms with Crippen LogP contribution >= 0.6 is 0 Å². The first-order valence-electron chi connectivity index (χ1n) is 10.6. The van der Waals surface area contributed by atoms with Gasteiger partial charge in [0.15, 0.2) is 11.0 Å². The number of aryl methyl sites for hydroxylation is 1. The molecule has 3 aromatic rings. The van der Waals surface area contributed by atoms with E-state index in [1.807, 2.05) is 65.0 Å². The number of benzene rings is 2. The van der Waals surface area contributed by atoms with Crippen LogP contribution in [0.2, 0.25) is 0 Å². The van der Waals surface area contributed by atoms with Crippen molar-refractivity contribution in [1.29, 1.82) is 0 Å². The Morgan fingerprint density at radius 2 is 1.94 bits per heavy atom. The van der Waals surface area contributed by atoms with E-state index in [0.29, 0.717) is 16.3 Å². The van der Waals surface area contributed by atoms with Crippen molar-refractivity contribution in [2.45, 2.75) is 58.0 Å². The zero-order chi connectivity index (χ0) is 23.5. The first kappa shape index (κ1) is 23.9. The molecule has 0 aliphatic carbocycles. The number of halogens is 2. The van der Waals surface area contributed by atoms with Gasteiger partial charge in [-0.2, -0.15) is 5.10 Å². The van der Waals surface area contributed by atoms with Crippen LogP contribution in [-0.4, -0.2) is 14.0 Å². The predicted molar refractivity (Wildman–Crippen MR) is 128 cm³/mol. The van der Waals surface area contributed by atoms with Crippen molar-refractivity contribution < 1.29 is 13.0 Å². The molecule has 0 saturated carbocycles. The number of hydrogen-bond donors (Lipinski definition) is 1. The van der Waals surface area contributed by atoms with Gasteiger partial charge >= 0.3 is 0 Å². The van der Waals surface area contributed by atoms with E-state index in [0.717, 1.165) is 23.2 Å². The second-order valence-corrected chi connectivity index (χ2v) is 9.86. The van der Waals surface area contributed by atoms with Gasteiger partial charge in [-0.05, 0) is 48.1 Å². The summed E-state index contributed by atoms with van der Waals surface area (Å²) >= 11 is 0. The highest BCUT2D eigenvalue weighted by Crippen LogP contribution is 2.28. The van der Waals surface area contributed by atoms with Crippen LogP contribution < -0.4 is 4.72 Å². The molecule has 1 aromatic heterocycles. The number of alkyl halides is 1. The average molecular weight is 458 g/mol. The van der Waals surface area contributed by atoms with Gasteiger partial charge in [0, 0.05) is 11.6 Å². The monoisotopic (exact) mass is 457 g/mol. The molecule has 4 nitrogen and oxygen atoms in total. The quantitative estimate of drug-likeness (QED) is 0.432. The van der Waals surface area contributed by atoms with Crippen LogP contribution in [0.4, 0.5) is 14.6 Å². The summed E-state index contributed by atoms with van der Waals surface area (Å²) in [5.41, 5.74) is 3.12. The molecule has 1 N–H and O–H groups in total. The van der Waals surface area contributed by atoms with E-state index in [1.54, 1.807) is 16.8 Å². The molecule has 1 unspecified atom stereocenters. The topological polar surface area (TPSA) is 46.9 Å². The summed E-state index contributed by atoms with van der Waals surface area (Å²) in [5, 5.41) is 4.36. The maximum Gasteiger partial charge on any atom is 0.151 e. The van der Waals surface area contributed by atoms with E-state index >= 15 is 0 Å². The van der Waals surface area contributed by atoms with E-state index in [-0.39, 0.29) is 11.1 Å². The number of aromatic nitrogens is 2. The summed E-state index contributed by atoms with van der Waals surface area (Å²) in [7, 11) is -1.76. The van der Waals surface area contributed by atoms with E-state index in [4.69, 9.17) is 0 Å². The van der Waals surface area contributed by atoms with Crippen molar-refractivity contribution in [1.82, 2.24) is 9.78 Å². The van der Waals surface area contributed by atoms with E-state index in [9.17, 15) is 13.0 Å². The lowest BCUT2D eigenvalue weighted by Gasteiger charge is -2.20. The van der Waals surface area contributed by atoms with Gasteiger partial charge in [-0.1, -0.05) is 58.0 Å². The third-order valence-corrected chi connectivity index (χ3v) is 6.18. The Hall–Kier alpha value is -2.80. The Kier molecular flexibility index (Phi) is 7.29. The van der Waals surface area contributed by atoms with Crippen LogP contribution in [0.25, 0.3) is 11.8 Å². The van der Waals surface area contributed by atoms with Gasteiger partial charge in [-0.15, -0.1) is 0 Å². The predicted octanol–water partition coefficient (Wildman–Crippen LogP) is 6.64. The lowest BCUT2D eigenvalue weighted by molar-refractivity contribution is 0.473. The summed E-state index contributed by atoms with van der Waals surface area (Å²) < 4.78 is 45.5. The molecule has 0 saturated heterocycles. The first-order valence-corrected chi connectivity index (χ1v) is 11.7. The van der Waals surface area contributed by atoms with Crippen LogP contribution in [0.1, 0.15) is 56.5 Å². The van der Waals surface area contributed by atoms with Gasteiger partial charge in [0.25, 0.3) is 0 Å². The van der Waals surface area contributed by atoms with Crippen LogP contribution in [0, 0.1) is 12.7 Å². The van der Waals surface area contributed by atoms with Crippen molar-refractivity contribution in [2.75, 3.05) is 4.72 Å². The van der Waals surface area contributed by atoms with Crippen molar-refractivity contribution in [3.63, 3.8) is 0 Å². The number of anilines is 1. The zero-order valence-electron chi connectivity index (χ0n) is 19.1. The van der Waals surface area contributed by atoms with Crippen LogP contribution in [0.3, 0.4) is 0 Å². The number of allylic oxidation sites excluding steroid dienone is 1. The minimum atomic E-state index is -1.76. The molecule has 0 bridgehead atoms. The second kappa shape index (κ2) is 9.77. The van der Waals surface area contributed by atoms with E-state index in [1.165, 1.54) is 12.1 Å². The number of rotatable bonds is 7. The van der Waals surface area contributed by atoms with Crippen LogP contribution in [-0.2, 0) is 23.1 Å². The minimum Gasteiger partial charge on any atom is -0.285 e. The fourth-order valence-corrected chi connectivity index (χ4v) is 4.28. The van der Waals surface area contributed by atoms with Gasteiger partial charge in [0.05, 0.1) is 16.3 Å². The molecule has 170 valence electrons. The molecular weight excluding hydrogens is 428 g/mol. The maximum absolute atomic E-state index is 14.6. The summed E-state index contributed by atoms with van der Waals surface area (Å²) in [4.78, 5) is 0.292. The SMILES string of the molecule is CC/C=C\c1c(C)cccc1-n1nc(CF)cc1NS(=O)c1ccc(C(C)(C)C)c(F)c1. The molecule has 0 amide bonds. The molecule has 0 fully saturated rings. The Morgan fingerprint density at radius 3 is 2.56 bits per heavy atom. The van der Waals surface area contributed by atoms with Gasteiger partial charge in [-0.25, -0.2) is 17.7 Å². The van der Waals surface area contributed by atoms with Crippen molar-refractivity contribution in [3.05, 3.63) is 76.7 Å². The fourth-order valence-electron chi connectivity index (χ4n) is 3.43. The highest BCUT2D eigenvalue weighted by atomic mass is 32.2. The fraction of sp³-hybridized carbons (Fsp3) is 0.320. The highest BCUT2D eigenvalue weighted by molar-refractivity contribution is 7.86. The molecule has 1 heterocycles. The molecule has 0 aliphatic rings. The van der Waals surface area contributed by atoms with Gasteiger partial charge < -0.3 is 0 Å². The summed E-state index contributed by atoms with van der Waals surface area (Å²) in [5.74, 6) is -0.0400. The summed E-state index contributed by atoms with van der Waals surface area (Å²) in [6.07, 6.45) is 4.91. The summed E-state index contributed by atoms with van der Waals surface area (Å²) in [6, 6.07) is 11.9. The van der Waals surface area contributed by atoms with Gasteiger partial charge in [0.1, 0.15) is 18.3 Å². The molecular formula is C25H29F2N3OS. The zero-order valence-corrected chi connectivity index (χ0v) is 19.9. The van der Waals surface area contributed by atoms with Crippen molar-refractivity contribution in [3.8, 4) is 5.69 Å². The van der Waals surface area contributed by atoms with E-state index in [2.05, 4.69) is 9.82 Å². The lowest BCUT2D eigenvalue weighted by atomic mass is 9.87. The maximum atomic E-state index is 14.6. The Labute approximate surface area is 191 Å². The first-order chi connectivity index (χ1) is 15.2.